The zero-order chi connectivity index (χ0) is 12.3. The molecule has 3 heteroatoms. The van der Waals surface area contributed by atoms with Gasteiger partial charge in [-0.2, -0.15) is 5.26 Å². The van der Waals surface area contributed by atoms with Crippen LogP contribution >= 0.6 is 0 Å². The molecule has 90 valence electrons. The lowest BCUT2D eigenvalue weighted by atomic mass is 10.1. The van der Waals surface area contributed by atoms with Crippen molar-refractivity contribution in [3.05, 3.63) is 29.8 Å². The molecule has 2 rings (SSSR count). The molecule has 0 radical (unpaired) electrons. The zero-order valence-electron chi connectivity index (χ0n) is 10.3. The summed E-state index contributed by atoms with van der Waals surface area (Å²) >= 11 is 0. The van der Waals surface area contributed by atoms with Crippen molar-refractivity contribution in [2.75, 3.05) is 0 Å². The number of hydrogen-bond acceptors (Lipinski definition) is 3. The topological polar surface area (TPSA) is 45.0 Å². The van der Waals surface area contributed by atoms with Crippen molar-refractivity contribution in [2.45, 2.75) is 44.9 Å². The highest BCUT2D eigenvalue weighted by Crippen LogP contribution is 2.25. The molecular formula is C14H18N2O. The summed E-state index contributed by atoms with van der Waals surface area (Å²) in [6.45, 7) is 4.00. The molecule has 1 atom stereocenters. The van der Waals surface area contributed by atoms with E-state index in [1.54, 1.807) is 0 Å². The first kappa shape index (κ1) is 11.9. The Morgan fingerprint density at radius 2 is 1.94 bits per heavy atom. The van der Waals surface area contributed by atoms with Crippen molar-refractivity contribution in [2.24, 2.45) is 0 Å². The monoisotopic (exact) mass is 230 g/mol. The van der Waals surface area contributed by atoms with E-state index < -0.39 is 0 Å². The van der Waals surface area contributed by atoms with E-state index in [2.05, 4.69) is 11.4 Å². The Balaban J connectivity index is 2.02. The molecule has 0 heterocycles. The van der Waals surface area contributed by atoms with E-state index >= 15 is 0 Å². The highest BCUT2D eigenvalue weighted by molar-refractivity contribution is 5.32. The average molecular weight is 230 g/mol. The van der Waals surface area contributed by atoms with Gasteiger partial charge in [-0.3, -0.25) is 5.32 Å². The third kappa shape index (κ3) is 3.47. The minimum atomic E-state index is -0.199. The summed E-state index contributed by atoms with van der Waals surface area (Å²) in [5.74, 6) is 0.854. The SMILES string of the molecule is CC(C)Oc1ccc(C(C#N)NC2CC2)cc1. The standard InChI is InChI=1S/C14H18N2O/c1-10(2)17-13-7-3-11(4-8-13)14(9-15)16-12-5-6-12/h3-4,7-8,10,12,14,16H,5-6H2,1-2H3. The van der Waals surface area contributed by atoms with Crippen LogP contribution in [0.5, 0.6) is 5.75 Å². The van der Waals surface area contributed by atoms with E-state index in [0.29, 0.717) is 6.04 Å². The molecule has 0 amide bonds. The lowest BCUT2D eigenvalue weighted by molar-refractivity contribution is 0.242. The van der Waals surface area contributed by atoms with Crippen LogP contribution in [0.1, 0.15) is 38.3 Å². The molecule has 0 aromatic heterocycles. The van der Waals surface area contributed by atoms with Gasteiger partial charge in [0.1, 0.15) is 11.8 Å². The Bertz CT molecular complexity index is 401. The van der Waals surface area contributed by atoms with Crippen LogP contribution in [0.4, 0.5) is 0 Å². The first-order chi connectivity index (χ1) is 8.19. The quantitative estimate of drug-likeness (QED) is 0.846. The van der Waals surface area contributed by atoms with Crippen LogP contribution in [-0.2, 0) is 0 Å². The molecule has 0 bridgehead atoms. The maximum Gasteiger partial charge on any atom is 0.121 e. The number of hydrogen-bond donors (Lipinski definition) is 1. The normalized spacial score (nSPS) is 16.6. The molecule has 1 fully saturated rings. The highest BCUT2D eigenvalue weighted by Gasteiger charge is 2.25. The molecule has 0 aliphatic heterocycles. The maximum absolute atomic E-state index is 9.13. The second kappa shape index (κ2) is 5.20. The van der Waals surface area contributed by atoms with Crippen LogP contribution < -0.4 is 10.1 Å². The van der Waals surface area contributed by atoms with Gasteiger partial charge in [-0.05, 0) is 44.4 Å². The van der Waals surface area contributed by atoms with Gasteiger partial charge in [0.05, 0.1) is 12.2 Å². The first-order valence-electron chi connectivity index (χ1n) is 6.11. The number of rotatable bonds is 5. The summed E-state index contributed by atoms with van der Waals surface area (Å²) in [5.41, 5.74) is 1.01. The summed E-state index contributed by atoms with van der Waals surface area (Å²) in [6, 6.07) is 10.4. The summed E-state index contributed by atoms with van der Waals surface area (Å²) in [4.78, 5) is 0. The number of nitrogens with zero attached hydrogens (tertiary/aromatic N) is 1. The Hall–Kier alpha value is -1.53. The van der Waals surface area contributed by atoms with Gasteiger partial charge in [0.25, 0.3) is 0 Å². The average Bonchev–Trinajstić information content (AvgIpc) is 3.10. The molecule has 17 heavy (non-hydrogen) atoms. The molecule has 0 saturated heterocycles. The van der Waals surface area contributed by atoms with Crippen LogP contribution in [0, 0.1) is 11.3 Å². The zero-order valence-corrected chi connectivity index (χ0v) is 10.3. The smallest absolute Gasteiger partial charge is 0.121 e. The largest absolute Gasteiger partial charge is 0.491 e. The number of nitriles is 1. The van der Waals surface area contributed by atoms with Crippen molar-refractivity contribution < 1.29 is 4.74 Å². The lowest BCUT2D eigenvalue weighted by Gasteiger charge is -2.13. The van der Waals surface area contributed by atoms with Crippen LogP contribution in [0.25, 0.3) is 0 Å². The van der Waals surface area contributed by atoms with Crippen molar-refractivity contribution in [3.63, 3.8) is 0 Å². The van der Waals surface area contributed by atoms with Gasteiger partial charge in [-0.15, -0.1) is 0 Å². The van der Waals surface area contributed by atoms with E-state index in [1.807, 2.05) is 38.1 Å². The van der Waals surface area contributed by atoms with Crippen molar-refractivity contribution in [1.29, 1.82) is 5.26 Å². The van der Waals surface area contributed by atoms with E-state index in [-0.39, 0.29) is 12.1 Å². The Morgan fingerprint density at radius 3 is 2.41 bits per heavy atom. The molecule has 1 saturated carbocycles. The molecule has 1 aliphatic carbocycles. The van der Waals surface area contributed by atoms with Crippen molar-refractivity contribution in [3.8, 4) is 11.8 Å². The molecule has 0 spiro atoms. The second-order valence-electron chi connectivity index (χ2n) is 4.74. The Kier molecular flexibility index (Phi) is 3.65. The molecule has 3 nitrogen and oxygen atoms in total. The summed E-state index contributed by atoms with van der Waals surface area (Å²) in [7, 11) is 0. The van der Waals surface area contributed by atoms with E-state index in [0.717, 1.165) is 11.3 Å². The predicted octanol–water partition coefficient (Wildman–Crippen LogP) is 2.79. The molecule has 1 unspecified atom stereocenters. The number of ether oxygens (including phenoxy) is 1. The van der Waals surface area contributed by atoms with Gasteiger partial charge < -0.3 is 4.74 Å². The highest BCUT2D eigenvalue weighted by atomic mass is 16.5. The molecular weight excluding hydrogens is 212 g/mol. The molecule has 1 N–H and O–H groups in total. The van der Waals surface area contributed by atoms with Crippen molar-refractivity contribution in [1.82, 2.24) is 5.32 Å². The third-order valence-electron chi connectivity index (χ3n) is 2.69. The van der Waals surface area contributed by atoms with Crippen molar-refractivity contribution >= 4 is 0 Å². The third-order valence-corrected chi connectivity index (χ3v) is 2.69. The number of nitrogens with one attached hydrogen (secondary N) is 1. The predicted molar refractivity (Wildman–Crippen MR) is 66.7 cm³/mol. The van der Waals surface area contributed by atoms with Gasteiger partial charge in [-0.25, -0.2) is 0 Å². The van der Waals surface area contributed by atoms with Gasteiger partial charge in [0.15, 0.2) is 0 Å². The molecule has 1 aromatic rings. The second-order valence-corrected chi connectivity index (χ2v) is 4.74. The van der Waals surface area contributed by atoms with E-state index in [9.17, 15) is 0 Å². The fourth-order valence-electron chi connectivity index (χ4n) is 1.70. The molecule has 1 aromatic carbocycles. The van der Waals surface area contributed by atoms with Gasteiger partial charge >= 0.3 is 0 Å². The van der Waals surface area contributed by atoms with Crippen LogP contribution in [0.15, 0.2) is 24.3 Å². The van der Waals surface area contributed by atoms with Crippen LogP contribution in [-0.4, -0.2) is 12.1 Å². The van der Waals surface area contributed by atoms with Gasteiger partial charge in [-0.1, -0.05) is 12.1 Å². The maximum atomic E-state index is 9.13. The van der Waals surface area contributed by atoms with Gasteiger partial charge in [0.2, 0.25) is 0 Å². The minimum absolute atomic E-state index is 0.178. The first-order valence-corrected chi connectivity index (χ1v) is 6.11. The summed E-state index contributed by atoms with van der Waals surface area (Å²) in [6.07, 6.45) is 2.55. The van der Waals surface area contributed by atoms with Crippen LogP contribution in [0.3, 0.4) is 0 Å². The van der Waals surface area contributed by atoms with Crippen LogP contribution in [0.2, 0.25) is 0 Å². The fraction of sp³-hybridized carbons (Fsp3) is 0.500. The summed E-state index contributed by atoms with van der Waals surface area (Å²) < 4.78 is 5.57. The number of benzene rings is 1. The fourth-order valence-corrected chi connectivity index (χ4v) is 1.70. The molecule has 1 aliphatic rings. The Labute approximate surface area is 102 Å². The minimum Gasteiger partial charge on any atom is -0.491 e. The lowest BCUT2D eigenvalue weighted by Crippen LogP contribution is -2.21. The van der Waals surface area contributed by atoms with Gasteiger partial charge in [0, 0.05) is 6.04 Å². The van der Waals surface area contributed by atoms with E-state index in [4.69, 9.17) is 10.00 Å². The Morgan fingerprint density at radius 1 is 1.29 bits per heavy atom. The van der Waals surface area contributed by atoms with E-state index in [1.165, 1.54) is 12.8 Å². The summed E-state index contributed by atoms with van der Waals surface area (Å²) in [5, 5.41) is 12.4.